The minimum atomic E-state index is -0.125. The van der Waals surface area contributed by atoms with Crippen molar-refractivity contribution in [1.82, 2.24) is 5.32 Å². The van der Waals surface area contributed by atoms with Crippen LogP contribution in [0.2, 0.25) is 0 Å². The predicted octanol–water partition coefficient (Wildman–Crippen LogP) is 2.57. The number of unbranched alkanes of at least 4 members (excludes halogenated alkanes) is 1. The van der Waals surface area contributed by atoms with E-state index in [1.165, 1.54) is 0 Å². The van der Waals surface area contributed by atoms with Gasteiger partial charge in [-0.1, -0.05) is 38.1 Å². The van der Waals surface area contributed by atoms with Gasteiger partial charge in [0.2, 0.25) is 0 Å². The molecule has 2 N–H and O–H groups in total. The van der Waals surface area contributed by atoms with Crippen molar-refractivity contribution in [3.8, 4) is 0 Å². The maximum Gasteiger partial charge on any atom is 0.252 e. The molecule has 0 aliphatic heterocycles. The SMILES string of the molecule is C=C(CNCCCC)C(=O)Nc1ccccc1. The molecule has 0 unspecified atom stereocenters. The average Bonchev–Trinajstić information content (AvgIpc) is 2.35. The number of hydrogen-bond donors (Lipinski definition) is 2. The van der Waals surface area contributed by atoms with Crippen LogP contribution in [0.4, 0.5) is 5.69 Å². The lowest BCUT2D eigenvalue weighted by Crippen LogP contribution is -2.25. The van der Waals surface area contributed by atoms with Crippen molar-refractivity contribution < 1.29 is 4.79 Å². The number of carbonyl (C=O) groups excluding carboxylic acids is 1. The Morgan fingerprint density at radius 3 is 2.65 bits per heavy atom. The number of hydrogen-bond acceptors (Lipinski definition) is 2. The van der Waals surface area contributed by atoms with Crippen LogP contribution in [-0.2, 0) is 4.79 Å². The van der Waals surface area contributed by atoms with Gasteiger partial charge in [-0.25, -0.2) is 0 Å². The van der Waals surface area contributed by atoms with E-state index in [-0.39, 0.29) is 5.91 Å². The van der Waals surface area contributed by atoms with E-state index in [0.29, 0.717) is 12.1 Å². The zero-order valence-corrected chi connectivity index (χ0v) is 10.3. The molecule has 0 atom stereocenters. The van der Waals surface area contributed by atoms with E-state index in [1.54, 1.807) is 0 Å². The highest BCUT2D eigenvalue weighted by atomic mass is 16.1. The molecule has 0 fully saturated rings. The number of para-hydroxylation sites is 1. The van der Waals surface area contributed by atoms with Crippen LogP contribution < -0.4 is 10.6 Å². The summed E-state index contributed by atoms with van der Waals surface area (Å²) in [6.07, 6.45) is 2.27. The highest BCUT2D eigenvalue weighted by molar-refractivity contribution is 6.03. The second kappa shape index (κ2) is 7.63. The largest absolute Gasteiger partial charge is 0.322 e. The van der Waals surface area contributed by atoms with E-state index in [2.05, 4.69) is 24.1 Å². The molecule has 0 bridgehead atoms. The van der Waals surface area contributed by atoms with Crippen molar-refractivity contribution in [2.24, 2.45) is 0 Å². The van der Waals surface area contributed by atoms with Gasteiger partial charge in [0.05, 0.1) is 0 Å². The number of nitrogens with one attached hydrogen (secondary N) is 2. The Labute approximate surface area is 103 Å². The van der Waals surface area contributed by atoms with Crippen molar-refractivity contribution in [2.75, 3.05) is 18.4 Å². The number of carbonyl (C=O) groups is 1. The van der Waals surface area contributed by atoms with E-state index in [0.717, 1.165) is 25.1 Å². The number of anilines is 1. The van der Waals surface area contributed by atoms with Crippen LogP contribution in [0.5, 0.6) is 0 Å². The molecule has 1 rings (SSSR count). The third-order valence-electron chi connectivity index (χ3n) is 2.40. The Morgan fingerprint density at radius 2 is 2.00 bits per heavy atom. The molecule has 17 heavy (non-hydrogen) atoms. The Balaban J connectivity index is 2.30. The second-order valence-corrected chi connectivity index (χ2v) is 3.95. The minimum absolute atomic E-state index is 0.125. The zero-order chi connectivity index (χ0) is 12.5. The molecular weight excluding hydrogens is 212 g/mol. The molecule has 0 aliphatic carbocycles. The summed E-state index contributed by atoms with van der Waals surface area (Å²) in [6, 6.07) is 9.40. The molecule has 1 amide bonds. The Bertz CT molecular complexity index is 360. The molecule has 0 aromatic heterocycles. The molecule has 92 valence electrons. The van der Waals surface area contributed by atoms with Gasteiger partial charge in [0.1, 0.15) is 0 Å². The van der Waals surface area contributed by atoms with Crippen LogP contribution in [0.1, 0.15) is 19.8 Å². The average molecular weight is 232 g/mol. The molecule has 0 heterocycles. The molecule has 0 spiro atoms. The first kappa shape index (κ1) is 13.5. The monoisotopic (exact) mass is 232 g/mol. The quantitative estimate of drug-likeness (QED) is 0.560. The highest BCUT2D eigenvalue weighted by Gasteiger charge is 2.06. The van der Waals surface area contributed by atoms with E-state index >= 15 is 0 Å². The molecule has 1 aromatic rings. The van der Waals surface area contributed by atoms with Gasteiger partial charge in [-0.2, -0.15) is 0 Å². The summed E-state index contributed by atoms with van der Waals surface area (Å²) >= 11 is 0. The summed E-state index contributed by atoms with van der Waals surface area (Å²) < 4.78 is 0. The standard InChI is InChI=1S/C14H20N2O/c1-3-4-10-15-11-12(2)14(17)16-13-8-6-5-7-9-13/h5-9,15H,2-4,10-11H2,1H3,(H,16,17). The van der Waals surface area contributed by atoms with Gasteiger partial charge in [0, 0.05) is 17.8 Å². The van der Waals surface area contributed by atoms with Gasteiger partial charge >= 0.3 is 0 Å². The summed E-state index contributed by atoms with van der Waals surface area (Å²) in [4.78, 5) is 11.7. The third-order valence-corrected chi connectivity index (χ3v) is 2.40. The lowest BCUT2D eigenvalue weighted by Gasteiger charge is -2.08. The van der Waals surface area contributed by atoms with Gasteiger partial charge in [-0.15, -0.1) is 0 Å². The van der Waals surface area contributed by atoms with Crippen molar-refractivity contribution in [1.29, 1.82) is 0 Å². The lowest BCUT2D eigenvalue weighted by atomic mass is 10.2. The maximum atomic E-state index is 11.7. The first-order chi connectivity index (χ1) is 8.24. The fourth-order valence-corrected chi connectivity index (χ4v) is 1.36. The van der Waals surface area contributed by atoms with Crippen LogP contribution in [0.25, 0.3) is 0 Å². The van der Waals surface area contributed by atoms with Crippen LogP contribution in [-0.4, -0.2) is 19.0 Å². The Kier molecular flexibility index (Phi) is 6.04. The van der Waals surface area contributed by atoms with Crippen LogP contribution >= 0.6 is 0 Å². The summed E-state index contributed by atoms with van der Waals surface area (Å²) in [7, 11) is 0. The van der Waals surface area contributed by atoms with Gasteiger partial charge in [0.15, 0.2) is 0 Å². The third kappa shape index (κ3) is 5.31. The van der Waals surface area contributed by atoms with Crippen LogP contribution in [0.3, 0.4) is 0 Å². The second-order valence-electron chi connectivity index (χ2n) is 3.95. The first-order valence-corrected chi connectivity index (χ1v) is 5.99. The zero-order valence-electron chi connectivity index (χ0n) is 10.3. The molecule has 3 nitrogen and oxygen atoms in total. The summed E-state index contributed by atoms with van der Waals surface area (Å²) in [5, 5.41) is 6.00. The van der Waals surface area contributed by atoms with Gasteiger partial charge in [0.25, 0.3) is 5.91 Å². The van der Waals surface area contributed by atoms with Crippen molar-refractivity contribution in [2.45, 2.75) is 19.8 Å². The normalized spacial score (nSPS) is 9.94. The van der Waals surface area contributed by atoms with Crippen molar-refractivity contribution >= 4 is 11.6 Å². The maximum absolute atomic E-state index is 11.7. The van der Waals surface area contributed by atoms with E-state index < -0.39 is 0 Å². The molecule has 3 heteroatoms. The fourth-order valence-electron chi connectivity index (χ4n) is 1.36. The lowest BCUT2D eigenvalue weighted by molar-refractivity contribution is -0.112. The van der Waals surface area contributed by atoms with Gasteiger partial charge < -0.3 is 10.6 Å². The van der Waals surface area contributed by atoms with E-state index in [9.17, 15) is 4.79 Å². The fraction of sp³-hybridized carbons (Fsp3) is 0.357. The topological polar surface area (TPSA) is 41.1 Å². The minimum Gasteiger partial charge on any atom is -0.322 e. The number of benzene rings is 1. The van der Waals surface area contributed by atoms with Gasteiger partial charge in [-0.3, -0.25) is 4.79 Å². The van der Waals surface area contributed by atoms with Crippen LogP contribution in [0.15, 0.2) is 42.5 Å². The predicted molar refractivity (Wildman–Crippen MR) is 72.0 cm³/mol. The highest BCUT2D eigenvalue weighted by Crippen LogP contribution is 2.06. The number of amides is 1. The first-order valence-electron chi connectivity index (χ1n) is 5.99. The molecule has 0 saturated heterocycles. The Hall–Kier alpha value is -1.61. The molecule has 0 saturated carbocycles. The summed E-state index contributed by atoms with van der Waals surface area (Å²) in [6.45, 7) is 7.38. The van der Waals surface area contributed by atoms with Crippen LogP contribution in [0, 0.1) is 0 Å². The summed E-state index contributed by atoms with van der Waals surface area (Å²) in [5.41, 5.74) is 1.36. The molecular formula is C14H20N2O. The van der Waals surface area contributed by atoms with E-state index in [4.69, 9.17) is 0 Å². The molecule has 0 radical (unpaired) electrons. The van der Waals surface area contributed by atoms with Crippen molar-refractivity contribution in [3.63, 3.8) is 0 Å². The van der Waals surface area contributed by atoms with Crippen molar-refractivity contribution in [3.05, 3.63) is 42.5 Å². The number of rotatable bonds is 7. The van der Waals surface area contributed by atoms with Gasteiger partial charge in [-0.05, 0) is 25.1 Å². The van der Waals surface area contributed by atoms with E-state index in [1.807, 2.05) is 30.3 Å². The molecule has 1 aromatic carbocycles. The Morgan fingerprint density at radius 1 is 1.29 bits per heavy atom. The smallest absolute Gasteiger partial charge is 0.252 e. The molecule has 0 aliphatic rings. The summed E-state index contributed by atoms with van der Waals surface area (Å²) in [5.74, 6) is -0.125.